The van der Waals surface area contributed by atoms with Crippen molar-refractivity contribution in [3.63, 3.8) is 0 Å². The van der Waals surface area contributed by atoms with Gasteiger partial charge < -0.3 is 0 Å². The Hall–Kier alpha value is -1.49. The highest BCUT2D eigenvalue weighted by molar-refractivity contribution is 7.99. The lowest BCUT2D eigenvalue weighted by atomic mass is 10.3. The Morgan fingerprint density at radius 2 is 2.27 bits per heavy atom. The Kier molecular flexibility index (Phi) is 3.24. The number of nitrogens with one attached hydrogen (secondary N) is 2. The summed E-state index contributed by atoms with van der Waals surface area (Å²) in [4.78, 5) is 15.8. The fraction of sp³-hybridized carbons (Fsp3) is 0.200. The summed E-state index contributed by atoms with van der Waals surface area (Å²) in [5, 5.41) is 0. The number of carbonyl (C=O) groups is 1. The molecule has 0 aliphatic carbocycles. The van der Waals surface area contributed by atoms with Crippen LogP contribution in [-0.4, -0.2) is 18.0 Å². The minimum absolute atomic E-state index is 0.604. The lowest BCUT2D eigenvalue weighted by Gasteiger charge is -2.04. The van der Waals surface area contributed by atoms with Crippen molar-refractivity contribution in [3.05, 3.63) is 24.3 Å². The summed E-state index contributed by atoms with van der Waals surface area (Å²) < 4.78 is 0. The SMILES string of the molecule is O=CNNC1=Nc2ccccc2SCC1. The fourth-order valence-corrected chi connectivity index (χ4v) is 2.29. The van der Waals surface area contributed by atoms with E-state index < -0.39 is 0 Å². The highest BCUT2D eigenvalue weighted by Crippen LogP contribution is 2.32. The van der Waals surface area contributed by atoms with Crippen LogP contribution in [0.15, 0.2) is 34.2 Å². The summed E-state index contributed by atoms with van der Waals surface area (Å²) in [5.74, 6) is 1.75. The van der Waals surface area contributed by atoms with Crippen molar-refractivity contribution in [2.45, 2.75) is 11.3 Å². The Morgan fingerprint density at radius 3 is 3.13 bits per heavy atom. The molecule has 0 atom stereocenters. The Bertz CT molecular complexity index is 392. The molecule has 15 heavy (non-hydrogen) atoms. The average Bonchev–Trinajstić information content (AvgIpc) is 2.47. The van der Waals surface area contributed by atoms with E-state index in [1.165, 1.54) is 4.90 Å². The monoisotopic (exact) mass is 221 g/mol. The number of carbonyl (C=O) groups excluding carboxylic acids is 1. The normalized spacial score (nSPS) is 14.5. The molecule has 78 valence electrons. The molecule has 1 amide bonds. The molecule has 0 radical (unpaired) electrons. The first-order valence-corrected chi connectivity index (χ1v) is 5.63. The van der Waals surface area contributed by atoms with Crippen LogP contribution in [-0.2, 0) is 4.79 Å². The first-order valence-electron chi connectivity index (χ1n) is 4.65. The predicted molar refractivity (Wildman–Crippen MR) is 61.2 cm³/mol. The van der Waals surface area contributed by atoms with Crippen molar-refractivity contribution in [1.29, 1.82) is 0 Å². The van der Waals surface area contributed by atoms with Crippen molar-refractivity contribution in [2.24, 2.45) is 4.99 Å². The molecule has 0 aromatic heterocycles. The second kappa shape index (κ2) is 4.84. The third-order valence-electron chi connectivity index (χ3n) is 1.99. The summed E-state index contributed by atoms with van der Waals surface area (Å²) in [6, 6.07) is 7.98. The van der Waals surface area contributed by atoms with Gasteiger partial charge in [0.1, 0.15) is 5.84 Å². The number of benzene rings is 1. The fourth-order valence-electron chi connectivity index (χ4n) is 1.33. The van der Waals surface area contributed by atoms with E-state index in [4.69, 9.17) is 0 Å². The quantitative estimate of drug-likeness (QED) is 0.587. The zero-order valence-electron chi connectivity index (χ0n) is 8.06. The van der Waals surface area contributed by atoms with E-state index in [0.717, 1.165) is 23.7 Å². The highest BCUT2D eigenvalue weighted by Gasteiger charge is 2.09. The first kappa shape index (κ1) is 10.0. The van der Waals surface area contributed by atoms with Gasteiger partial charge in [-0.1, -0.05) is 12.1 Å². The zero-order chi connectivity index (χ0) is 10.5. The molecule has 4 nitrogen and oxygen atoms in total. The number of amides is 1. The second-order valence-electron chi connectivity index (χ2n) is 3.01. The Balaban J connectivity index is 2.21. The number of hydrogen-bond donors (Lipinski definition) is 2. The Labute approximate surface area is 92.1 Å². The maximum Gasteiger partial charge on any atom is 0.225 e. The lowest BCUT2D eigenvalue weighted by molar-refractivity contribution is -0.110. The number of amidine groups is 1. The van der Waals surface area contributed by atoms with Gasteiger partial charge in [-0.3, -0.25) is 15.6 Å². The first-order chi connectivity index (χ1) is 7.40. The van der Waals surface area contributed by atoms with Gasteiger partial charge in [0.15, 0.2) is 0 Å². The summed E-state index contributed by atoms with van der Waals surface area (Å²) in [5.41, 5.74) is 6.13. The molecule has 1 aromatic rings. The highest BCUT2D eigenvalue weighted by atomic mass is 32.2. The predicted octanol–water partition coefficient (Wildman–Crippen LogP) is 1.46. The van der Waals surface area contributed by atoms with Crippen LogP contribution in [0.2, 0.25) is 0 Å². The number of aliphatic imine (C=N–C) groups is 1. The molecule has 1 aromatic carbocycles. The van der Waals surface area contributed by atoms with Crippen LogP contribution in [0.1, 0.15) is 6.42 Å². The molecule has 0 bridgehead atoms. The number of hydrogen-bond acceptors (Lipinski definition) is 4. The summed E-state index contributed by atoms with van der Waals surface area (Å²) >= 11 is 1.78. The molecule has 0 saturated heterocycles. The smallest absolute Gasteiger partial charge is 0.225 e. The number of para-hydroxylation sites is 1. The van der Waals surface area contributed by atoms with E-state index in [1.807, 2.05) is 18.2 Å². The molecule has 0 spiro atoms. The van der Waals surface area contributed by atoms with Crippen molar-refractivity contribution in [2.75, 3.05) is 5.75 Å². The van der Waals surface area contributed by atoms with Crippen LogP contribution in [0.4, 0.5) is 5.69 Å². The second-order valence-corrected chi connectivity index (χ2v) is 4.15. The number of rotatable bonds is 2. The van der Waals surface area contributed by atoms with Gasteiger partial charge >= 0.3 is 0 Å². The van der Waals surface area contributed by atoms with Gasteiger partial charge in [-0.15, -0.1) is 11.8 Å². The Morgan fingerprint density at radius 1 is 1.40 bits per heavy atom. The van der Waals surface area contributed by atoms with Gasteiger partial charge in [-0.25, -0.2) is 4.99 Å². The topological polar surface area (TPSA) is 53.5 Å². The number of thioether (sulfide) groups is 1. The standard InChI is InChI=1S/C10H11N3OS/c14-7-11-13-10-5-6-15-9-4-2-1-3-8(9)12-10/h1-4,7H,5-6H2,(H,11,14)(H,12,13). The molecule has 2 rings (SSSR count). The van der Waals surface area contributed by atoms with Gasteiger partial charge in [0, 0.05) is 17.1 Å². The summed E-state index contributed by atoms with van der Waals surface area (Å²) in [6.45, 7) is 0. The van der Waals surface area contributed by atoms with Crippen molar-refractivity contribution >= 4 is 29.7 Å². The van der Waals surface area contributed by atoms with Gasteiger partial charge in [-0.05, 0) is 12.1 Å². The summed E-state index contributed by atoms with van der Waals surface area (Å²) in [6.07, 6.45) is 1.42. The van der Waals surface area contributed by atoms with Crippen molar-refractivity contribution in [3.8, 4) is 0 Å². The molecule has 2 N–H and O–H groups in total. The molecular formula is C10H11N3OS. The number of fused-ring (bicyclic) bond motifs is 1. The lowest BCUT2D eigenvalue weighted by Crippen LogP contribution is -2.36. The zero-order valence-corrected chi connectivity index (χ0v) is 8.88. The van der Waals surface area contributed by atoms with Crippen LogP contribution < -0.4 is 10.9 Å². The molecule has 0 fully saturated rings. The van der Waals surface area contributed by atoms with Crippen molar-refractivity contribution in [1.82, 2.24) is 10.9 Å². The van der Waals surface area contributed by atoms with E-state index in [0.29, 0.717) is 6.41 Å². The van der Waals surface area contributed by atoms with Gasteiger partial charge in [0.25, 0.3) is 0 Å². The van der Waals surface area contributed by atoms with Crippen LogP contribution in [0.5, 0.6) is 0 Å². The van der Waals surface area contributed by atoms with E-state index >= 15 is 0 Å². The largest absolute Gasteiger partial charge is 0.286 e. The maximum absolute atomic E-state index is 10.1. The van der Waals surface area contributed by atoms with E-state index in [2.05, 4.69) is 21.9 Å². The maximum atomic E-state index is 10.1. The van der Waals surface area contributed by atoms with Crippen LogP contribution >= 0.6 is 11.8 Å². The van der Waals surface area contributed by atoms with Gasteiger partial charge in [0.05, 0.1) is 5.69 Å². The third-order valence-corrected chi connectivity index (χ3v) is 3.06. The van der Waals surface area contributed by atoms with Crippen LogP contribution in [0.3, 0.4) is 0 Å². The summed E-state index contributed by atoms with van der Waals surface area (Å²) in [7, 11) is 0. The van der Waals surface area contributed by atoms with E-state index in [1.54, 1.807) is 11.8 Å². The number of hydrazine groups is 1. The van der Waals surface area contributed by atoms with Gasteiger partial charge in [0.2, 0.25) is 6.41 Å². The van der Waals surface area contributed by atoms with Crippen LogP contribution in [0, 0.1) is 0 Å². The molecule has 1 aliphatic heterocycles. The minimum atomic E-state index is 0.604. The molecular weight excluding hydrogens is 210 g/mol. The molecule has 5 heteroatoms. The molecule has 1 aliphatic rings. The molecule has 0 saturated carbocycles. The van der Waals surface area contributed by atoms with Gasteiger partial charge in [-0.2, -0.15) is 0 Å². The van der Waals surface area contributed by atoms with E-state index in [9.17, 15) is 4.79 Å². The van der Waals surface area contributed by atoms with Crippen LogP contribution in [0.25, 0.3) is 0 Å². The minimum Gasteiger partial charge on any atom is -0.286 e. The molecule has 1 heterocycles. The number of nitrogens with zero attached hydrogens (tertiary/aromatic N) is 1. The van der Waals surface area contributed by atoms with Crippen molar-refractivity contribution < 1.29 is 4.79 Å². The van der Waals surface area contributed by atoms with E-state index in [-0.39, 0.29) is 0 Å². The average molecular weight is 221 g/mol. The molecule has 0 unspecified atom stereocenters. The third kappa shape index (κ3) is 2.50.